The maximum atomic E-state index is 11.8. The number of nitrogens with one attached hydrogen (secondary N) is 1. The molecule has 0 spiro atoms. The Morgan fingerprint density at radius 3 is 2.96 bits per heavy atom. The summed E-state index contributed by atoms with van der Waals surface area (Å²) in [4.78, 5) is 11.8. The normalized spacial score (nSPS) is 19.3. The van der Waals surface area contributed by atoms with Crippen LogP contribution < -0.4 is 5.32 Å². The molecular formula is C14H22N4O4S2. The lowest BCUT2D eigenvalue weighted by Crippen LogP contribution is -2.28. The van der Waals surface area contributed by atoms with E-state index in [1.807, 2.05) is 4.57 Å². The molecule has 1 N–H and O–H groups in total. The first-order valence-corrected chi connectivity index (χ1v) is 10.4. The van der Waals surface area contributed by atoms with Crippen molar-refractivity contribution in [2.45, 2.75) is 24.0 Å². The predicted octanol–water partition coefficient (Wildman–Crippen LogP) is 0.221. The van der Waals surface area contributed by atoms with Crippen molar-refractivity contribution in [1.82, 2.24) is 20.1 Å². The highest BCUT2D eigenvalue weighted by atomic mass is 32.2. The molecule has 0 aliphatic carbocycles. The minimum Gasteiger partial charge on any atom is -0.383 e. The molecule has 1 aromatic heterocycles. The molecule has 1 aromatic rings. The van der Waals surface area contributed by atoms with E-state index < -0.39 is 9.84 Å². The average Bonchev–Trinajstić information content (AvgIpc) is 3.09. The van der Waals surface area contributed by atoms with Crippen LogP contribution in [-0.2, 0) is 25.9 Å². The van der Waals surface area contributed by atoms with Gasteiger partial charge in [-0.1, -0.05) is 17.8 Å². The minimum atomic E-state index is -2.99. The molecule has 1 atom stereocenters. The molecule has 24 heavy (non-hydrogen) atoms. The van der Waals surface area contributed by atoms with Crippen molar-refractivity contribution in [3.05, 3.63) is 18.5 Å². The number of sulfone groups is 1. The van der Waals surface area contributed by atoms with E-state index in [9.17, 15) is 13.2 Å². The molecule has 2 heterocycles. The van der Waals surface area contributed by atoms with Crippen LogP contribution in [0.4, 0.5) is 0 Å². The van der Waals surface area contributed by atoms with Crippen LogP contribution in [-0.4, -0.2) is 66.6 Å². The highest BCUT2D eigenvalue weighted by molar-refractivity contribution is 7.99. The fourth-order valence-corrected chi connectivity index (χ4v) is 5.01. The molecule has 8 nitrogen and oxygen atoms in total. The van der Waals surface area contributed by atoms with Crippen molar-refractivity contribution in [3.63, 3.8) is 0 Å². The quantitative estimate of drug-likeness (QED) is 0.375. The summed E-state index contributed by atoms with van der Waals surface area (Å²) >= 11 is 1.27. The molecule has 1 aliphatic heterocycles. The summed E-state index contributed by atoms with van der Waals surface area (Å²) in [6.45, 7) is 5.12. The second-order valence-electron chi connectivity index (χ2n) is 5.47. The predicted molar refractivity (Wildman–Crippen MR) is 91.8 cm³/mol. The van der Waals surface area contributed by atoms with Crippen molar-refractivity contribution < 1.29 is 17.9 Å². The Morgan fingerprint density at radius 2 is 2.33 bits per heavy atom. The van der Waals surface area contributed by atoms with E-state index in [1.54, 1.807) is 13.2 Å². The molecular weight excluding hydrogens is 352 g/mol. The number of nitrogens with zero attached hydrogens (tertiary/aromatic N) is 3. The first kappa shape index (κ1) is 18.9. The second kappa shape index (κ2) is 8.63. The molecule has 134 valence electrons. The topological polar surface area (TPSA) is 103 Å². The molecule has 10 heteroatoms. The van der Waals surface area contributed by atoms with Gasteiger partial charge in [-0.05, 0) is 6.42 Å². The molecule has 1 amide bonds. The SMILES string of the molecule is C=CCn1c(SCC(=O)NCCOC)nnc1[C@@H]1CCS(=O)(=O)C1. The number of thioether (sulfide) groups is 1. The van der Waals surface area contributed by atoms with Gasteiger partial charge in [-0.3, -0.25) is 4.79 Å². The number of ether oxygens (including phenoxy) is 1. The summed E-state index contributed by atoms with van der Waals surface area (Å²) in [5.41, 5.74) is 0. The number of hydrogen-bond donors (Lipinski definition) is 1. The number of allylic oxidation sites excluding steroid dienone is 1. The van der Waals surface area contributed by atoms with Crippen LogP contribution in [0.25, 0.3) is 0 Å². The van der Waals surface area contributed by atoms with Crippen molar-refractivity contribution in [2.24, 2.45) is 0 Å². The standard InChI is InChI=1S/C14H22N4O4S2/c1-3-6-18-13(11-4-8-24(20,21)10-11)16-17-14(18)23-9-12(19)15-5-7-22-2/h3,11H,1,4-10H2,2H3,(H,15,19)/t11-/m1/s1. The van der Waals surface area contributed by atoms with E-state index in [0.717, 1.165) is 0 Å². The number of amides is 1. The van der Waals surface area contributed by atoms with E-state index in [2.05, 4.69) is 22.1 Å². The molecule has 2 rings (SSSR count). The lowest BCUT2D eigenvalue weighted by Gasteiger charge is -2.11. The summed E-state index contributed by atoms with van der Waals surface area (Å²) in [5, 5.41) is 11.6. The van der Waals surface area contributed by atoms with Gasteiger partial charge in [0.05, 0.1) is 23.9 Å². The number of methoxy groups -OCH3 is 1. The zero-order chi connectivity index (χ0) is 17.6. The average molecular weight is 374 g/mol. The lowest BCUT2D eigenvalue weighted by molar-refractivity contribution is -0.118. The smallest absolute Gasteiger partial charge is 0.230 e. The third-order valence-corrected chi connectivity index (χ3v) is 6.35. The summed E-state index contributed by atoms with van der Waals surface area (Å²) < 4.78 is 30.1. The molecule has 0 saturated carbocycles. The maximum absolute atomic E-state index is 11.8. The van der Waals surface area contributed by atoms with Crippen LogP contribution in [0.2, 0.25) is 0 Å². The Labute approximate surface area is 146 Å². The molecule has 0 bridgehead atoms. The third kappa shape index (κ3) is 5.05. The Kier molecular flexibility index (Phi) is 6.81. The summed E-state index contributed by atoms with van der Waals surface area (Å²) in [6, 6.07) is 0. The van der Waals surface area contributed by atoms with Gasteiger partial charge in [0, 0.05) is 26.1 Å². The lowest BCUT2D eigenvalue weighted by atomic mass is 10.1. The van der Waals surface area contributed by atoms with Crippen molar-refractivity contribution in [3.8, 4) is 0 Å². The van der Waals surface area contributed by atoms with E-state index in [4.69, 9.17) is 4.74 Å². The van der Waals surface area contributed by atoms with Gasteiger partial charge in [-0.15, -0.1) is 16.8 Å². The van der Waals surface area contributed by atoms with Gasteiger partial charge in [-0.2, -0.15) is 0 Å². The monoisotopic (exact) mass is 374 g/mol. The number of carbonyl (C=O) groups is 1. The highest BCUT2D eigenvalue weighted by Crippen LogP contribution is 2.30. The van der Waals surface area contributed by atoms with Gasteiger partial charge in [0.25, 0.3) is 0 Å². The molecule has 1 aliphatic rings. The summed E-state index contributed by atoms with van der Waals surface area (Å²) in [5.74, 6) is 0.885. The molecule has 0 unspecified atom stereocenters. The Morgan fingerprint density at radius 1 is 1.54 bits per heavy atom. The number of hydrogen-bond acceptors (Lipinski definition) is 7. The van der Waals surface area contributed by atoms with Crippen LogP contribution >= 0.6 is 11.8 Å². The van der Waals surface area contributed by atoms with Crippen molar-refractivity contribution >= 4 is 27.5 Å². The zero-order valence-corrected chi connectivity index (χ0v) is 15.2. The van der Waals surface area contributed by atoms with Gasteiger partial charge >= 0.3 is 0 Å². The first-order chi connectivity index (χ1) is 11.5. The van der Waals surface area contributed by atoms with E-state index in [1.165, 1.54) is 11.8 Å². The van der Waals surface area contributed by atoms with Crippen molar-refractivity contribution in [2.75, 3.05) is 37.5 Å². The summed E-state index contributed by atoms with van der Waals surface area (Å²) in [6.07, 6.45) is 2.26. The largest absolute Gasteiger partial charge is 0.383 e. The third-order valence-electron chi connectivity index (χ3n) is 3.62. The molecule has 1 fully saturated rings. The minimum absolute atomic E-state index is 0.102. The van der Waals surface area contributed by atoms with Crippen LogP contribution in [0.15, 0.2) is 17.8 Å². The molecule has 0 radical (unpaired) electrons. The van der Waals surface area contributed by atoms with Crippen LogP contribution in [0.1, 0.15) is 18.2 Å². The number of aromatic nitrogens is 3. The molecule has 1 saturated heterocycles. The highest BCUT2D eigenvalue weighted by Gasteiger charge is 2.33. The van der Waals surface area contributed by atoms with Gasteiger partial charge in [-0.25, -0.2) is 8.42 Å². The van der Waals surface area contributed by atoms with Gasteiger partial charge < -0.3 is 14.6 Å². The van der Waals surface area contributed by atoms with E-state index in [-0.39, 0.29) is 29.1 Å². The maximum Gasteiger partial charge on any atom is 0.230 e. The van der Waals surface area contributed by atoms with Gasteiger partial charge in [0.1, 0.15) is 5.82 Å². The van der Waals surface area contributed by atoms with E-state index >= 15 is 0 Å². The first-order valence-electron chi connectivity index (χ1n) is 7.59. The van der Waals surface area contributed by atoms with Crippen molar-refractivity contribution in [1.29, 1.82) is 0 Å². The van der Waals surface area contributed by atoms with Gasteiger partial charge in [0.15, 0.2) is 15.0 Å². The second-order valence-corrected chi connectivity index (χ2v) is 8.64. The Hall–Kier alpha value is -1.39. The van der Waals surface area contributed by atoms with Gasteiger partial charge in [0.2, 0.25) is 5.91 Å². The fraction of sp³-hybridized carbons (Fsp3) is 0.643. The Bertz CT molecular complexity index is 687. The van der Waals surface area contributed by atoms with Crippen LogP contribution in [0.3, 0.4) is 0 Å². The number of carbonyl (C=O) groups excluding carboxylic acids is 1. The fourth-order valence-electron chi connectivity index (χ4n) is 2.48. The number of rotatable bonds is 9. The Balaban J connectivity index is 2.03. The zero-order valence-electron chi connectivity index (χ0n) is 13.6. The molecule has 0 aromatic carbocycles. The van der Waals surface area contributed by atoms with Crippen LogP contribution in [0.5, 0.6) is 0 Å². The summed E-state index contributed by atoms with van der Waals surface area (Å²) in [7, 11) is -1.42. The van der Waals surface area contributed by atoms with E-state index in [0.29, 0.717) is 37.1 Å². The van der Waals surface area contributed by atoms with Crippen LogP contribution in [0, 0.1) is 0 Å².